The third-order valence-corrected chi connectivity index (χ3v) is 4.22. The lowest BCUT2D eigenvalue weighted by Crippen LogP contribution is -2.37. The zero-order valence-corrected chi connectivity index (χ0v) is 9.48. The molecule has 0 bridgehead atoms. The van der Waals surface area contributed by atoms with Crippen LogP contribution in [-0.2, 0) is 0 Å². The van der Waals surface area contributed by atoms with Crippen molar-refractivity contribution in [3.63, 3.8) is 0 Å². The maximum atomic E-state index is 5.42. The van der Waals surface area contributed by atoms with E-state index in [0.29, 0.717) is 0 Å². The molecular weight excluding hydrogens is 192 g/mol. The van der Waals surface area contributed by atoms with Gasteiger partial charge in [0.05, 0.1) is 0 Å². The summed E-state index contributed by atoms with van der Waals surface area (Å²) in [5, 5.41) is 0.845. The molecule has 0 aromatic rings. The summed E-state index contributed by atoms with van der Waals surface area (Å²) >= 11 is 2.03. The molecule has 80 valence electrons. The van der Waals surface area contributed by atoms with Gasteiger partial charge in [0.2, 0.25) is 0 Å². The maximum absolute atomic E-state index is 5.42. The summed E-state index contributed by atoms with van der Waals surface area (Å²) in [6, 6.07) is 0.284. The molecule has 0 aromatic heterocycles. The first kappa shape index (κ1) is 11.9. The number of terminal acetylenes is 1. The minimum Gasteiger partial charge on any atom is -0.271 e. The summed E-state index contributed by atoms with van der Waals surface area (Å²) in [6.07, 6.45) is 12.9. The fourth-order valence-electron chi connectivity index (χ4n) is 1.79. The second kappa shape index (κ2) is 7.17. The quantitative estimate of drug-likeness (QED) is 0.415. The summed E-state index contributed by atoms with van der Waals surface area (Å²) < 4.78 is 0. The van der Waals surface area contributed by atoms with Gasteiger partial charge in [-0.05, 0) is 12.8 Å². The molecule has 0 amide bonds. The van der Waals surface area contributed by atoms with Crippen LogP contribution in [0.1, 0.15) is 38.5 Å². The Morgan fingerprint density at radius 3 is 2.71 bits per heavy atom. The van der Waals surface area contributed by atoms with E-state index < -0.39 is 0 Å². The molecule has 0 spiro atoms. The first-order valence-corrected chi connectivity index (χ1v) is 6.43. The molecule has 1 fully saturated rings. The van der Waals surface area contributed by atoms with Gasteiger partial charge in [0, 0.05) is 23.5 Å². The van der Waals surface area contributed by atoms with E-state index >= 15 is 0 Å². The summed E-state index contributed by atoms with van der Waals surface area (Å²) in [6.45, 7) is 0. The lowest BCUT2D eigenvalue weighted by molar-refractivity contribution is 0.513. The molecule has 1 saturated carbocycles. The van der Waals surface area contributed by atoms with Crippen molar-refractivity contribution < 1.29 is 0 Å². The number of rotatable bonds is 5. The van der Waals surface area contributed by atoms with Crippen molar-refractivity contribution in [3.8, 4) is 12.3 Å². The van der Waals surface area contributed by atoms with Gasteiger partial charge in [0.1, 0.15) is 0 Å². The summed E-state index contributed by atoms with van der Waals surface area (Å²) in [7, 11) is 0. The van der Waals surface area contributed by atoms with Crippen LogP contribution in [0.2, 0.25) is 0 Å². The summed E-state index contributed by atoms with van der Waals surface area (Å²) in [5.41, 5.74) is 2.78. The number of nitrogens with two attached hydrogens (primary N) is 1. The van der Waals surface area contributed by atoms with Crippen molar-refractivity contribution in [2.45, 2.75) is 49.8 Å². The van der Waals surface area contributed by atoms with E-state index in [9.17, 15) is 0 Å². The smallest absolute Gasteiger partial charge is 0.0410 e. The average molecular weight is 212 g/mol. The predicted octanol–water partition coefficient (Wildman–Crippen LogP) is 1.91. The molecule has 0 radical (unpaired) electrons. The molecule has 3 heteroatoms. The van der Waals surface area contributed by atoms with E-state index in [1.54, 1.807) is 0 Å². The Morgan fingerprint density at radius 2 is 2.14 bits per heavy atom. The van der Waals surface area contributed by atoms with Crippen molar-refractivity contribution in [2.75, 3.05) is 5.75 Å². The Balaban J connectivity index is 2.14. The van der Waals surface area contributed by atoms with Crippen molar-refractivity contribution in [2.24, 2.45) is 5.84 Å². The molecule has 2 nitrogen and oxygen atoms in total. The predicted molar refractivity (Wildman–Crippen MR) is 63.9 cm³/mol. The lowest BCUT2D eigenvalue weighted by atomic mass is 10.0. The van der Waals surface area contributed by atoms with Crippen molar-refractivity contribution >= 4 is 11.8 Å². The molecular formula is C11H20N2S. The Bertz CT molecular complexity index is 182. The van der Waals surface area contributed by atoms with E-state index in [1.807, 2.05) is 11.8 Å². The molecule has 1 rings (SSSR count). The van der Waals surface area contributed by atoms with Gasteiger partial charge in [-0.3, -0.25) is 11.3 Å². The Labute approximate surface area is 91.4 Å². The standard InChI is InChI=1S/C11H20N2S/c1-2-6-10(13-12)9-14-11-7-4-3-5-8-11/h1,10-11,13H,3-9,12H2. The molecule has 3 N–H and O–H groups in total. The van der Waals surface area contributed by atoms with Gasteiger partial charge in [-0.2, -0.15) is 11.8 Å². The fourth-order valence-corrected chi connectivity index (χ4v) is 3.18. The molecule has 0 aromatic carbocycles. The molecule has 1 atom stereocenters. The van der Waals surface area contributed by atoms with E-state index in [4.69, 9.17) is 12.3 Å². The van der Waals surface area contributed by atoms with E-state index in [1.165, 1.54) is 32.1 Å². The van der Waals surface area contributed by atoms with Crippen LogP contribution in [0, 0.1) is 12.3 Å². The van der Waals surface area contributed by atoms with Gasteiger partial charge < -0.3 is 0 Å². The second-order valence-electron chi connectivity index (χ2n) is 3.87. The molecule has 1 aliphatic rings. The molecule has 1 unspecified atom stereocenters. The van der Waals surface area contributed by atoms with Crippen LogP contribution in [0.4, 0.5) is 0 Å². The zero-order chi connectivity index (χ0) is 10.2. The van der Waals surface area contributed by atoms with Crippen LogP contribution in [-0.4, -0.2) is 17.0 Å². The lowest BCUT2D eigenvalue weighted by Gasteiger charge is -2.23. The van der Waals surface area contributed by atoms with Crippen LogP contribution in [0.25, 0.3) is 0 Å². The normalized spacial score (nSPS) is 20.3. The topological polar surface area (TPSA) is 38.0 Å². The van der Waals surface area contributed by atoms with Crippen LogP contribution in [0.15, 0.2) is 0 Å². The van der Waals surface area contributed by atoms with E-state index in [0.717, 1.165) is 17.4 Å². The molecule has 14 heavy (non-hydrogen) atoms. The van der Waals surface area contributed by atoms with Crippen LogP contribution in [0.5, 0.6) is 0 Å². The number of hydrogen-bond donors (Lipinski definition) is 2. The summed E-state index contributed by atoms with van der Waals surface area (Å²) in [4.78, 5) is 0. The zero-order valence-electron chi connectivity index (χ0n) is 8.67. The number of nitrogens with one attached hydrogen (secondary N) is 1. The van der Waals surface area contributed by atoms with Gasteiger partial charge in [-0.25, -0.2) is 0 Å². The Kier molecular flexibility index (Phi) is 6.09. The third-order valence-electron chi connectivity index (χ3n) is 2.69. The van der Waals surface area contributed by atoms with Crippen LogP contribution >= 0.6 is 11.8 Å². The van der Waals surface area contributed by atoms with Gasteiger partial charge in [0.25, 0.3) is 0 Å². The summed E-state index contributed by atoms with van der Waals surface area (Å²) in [5.74, 6) is 9.11. The van der Waals surface area contributed by atoms with Gasteiger partial charge in [0.15, 0.2) is 0 Å². The van der Waals surface area contributed by atoms with Gasteiger partial charge >= 0.3 is 0 Å². The highest BCUT2D eigenvalue weighted by Gasteiger charge is 2.15. The second-order valence-corrected chi connectivity index (χ2v) is 5.20. The van der Waals surface area contributed by atoms with Gasteiger partial charge in [-0.15, -0.1) is 12.3 Å². The van der Waals surface area contributed by atoms with Crippen molar-refractivity contribution in [1.82, 2.24) is 5.43 Å². The average Bonchev–Trinajstić information content (AvgIpc) is 2.25. The highest BCUT2D eigenvalue weighted by Crippen LogP contribution is 2.28. The number of thioether (sulfide) groups is 1. The van der Waals surface area contributed by atoms with E-state index in [2.05, 4.69) is 11.3 Å². The van der Waals surface area contributed by atoms with Crippen molar-refractivity contribution in [1.29, 1.82) is 0 Å². The molecule has 1 aliphatic carbocycles. The molecule has 0 saturated heterocycles. The highest BCUT2D eigenvalue weighted by atomic mass is 32.2. The number of hydrogen-bond acceptors (Lipinski definition) is 3. The highest BCUT2D eigenvalue weighted by molar-refractivity contribution is 7.99. The molecule has 0 heterocycles. The van der Waals surface area contributed by atoms with Crippen molar-refractivity contribution in [3.05, 3.63) is 0 Å². The third kappa shape index (κ3) is 4.36. The first-order valence-electron chi connectivity index (χ1n) is 5.38. The van der Waals surface area contributed by atoms with E-state index in [-0.39, 0.29) is 6.04 Å². The fraction of sp³-hybridized carbons (Fsp3) is 0.818. The minimum atomic E-state index is 0.284. The first-order chi connectivity index (χ1) is 6.86. The maximum Gasteiger partial charge on any atom is 0.0410 e. The van der Waals surface area contributed by atoms with Crippen LogP contribution < -0.4 is 11.3 Å². The minimum absolute atomic E-state index is 0.284. The largest absolute Gasteiger partial charge is 0.271 e. The Morgan fingerprint density at radius 1 is 1.43 bits per heavy atom. The SMILES string of the molecule is C#CCC(CSC1CCCCC1)NN. The monoisotopic (exact) mass is 212 g/mol. The van der Waals surface area contributed by atoms with Gasteiger partial charge in [-0.1, -0.05) is 19.3 Å². The van der Waals surface area contributed by atoms with Crippen LogP contribution in [0.3, 0.4) is 0 Å². The number of hydrazine groups is 1. The Hall–Kier alpha value is -0.170. The molecule has 0 aliphatic heterocycles.